The quantitative estimate of drug-likeness (QED) is 0.467. The molecule has 1 aliphatic rings. The Morgan fingerprint density at radius 1 is 1.21 bits per heavy atom. The predicted octanol–water partition coefficient (Wildman–Crippen LogP) is 3.62. The van der Waals surface area contributed by atoms with Crippen LogP contribution in [-0.2, 0) is 0 Å². The fourth-order valence-corrected chi connectivity index (χ4v) is 1.90. The highest BCUT2D eigenvalue weighted by molar-refractivity contribution is 6.51. The number of hydrogen-bond acceptors (Lipinski definition) is 0. The van der Waals surface area contributed by atoms with Gasteiger partial charge in [0.25, 0.3) is 0 Å². The zero-order valence-electron chi connectivity index (χ0n) is 7.85. The van der Waals surface area contributed by atoms with Crippen LogP contribution in [0.1, 0.15) is 18.9 Å². The monoisotopic (exact) mass is 224 g/mol. The summed E-state index contributed by atoms with van der Waals surface area (Å²) in [4.78, 5) is 0. The average molecular weight is 225 g/mol. The first kappa shape index (κ1) is 9.90. The minimum atomic E-state index is -0.644. The third kappa shape index (κ3) is 1.75. The van der Waals surface area contributed by atoms with E-state index in [4.69, 9.17) is 23.2 Å². The average Bonchev–Trinajstić information content (AvgIpc) is 2.65. The molecule has 1 fully saturated rings. The SMILES string of the molecule is CC1(C#Cc2ccccc2)CC1(Cl)Cl. The molecule has 0 radical (unpaired) electrons. The van der Waals surface area contributed by atoms with E-state index in [9.17, 15) is 0 Å². The topological polar surface area (TPSA) is 0 Å². The van der Waals surface area contributed by atoms with Crippen LogP contribution in [0, 0.1) is 17.3 Å². The Morgan fingerprint density at radius 2 is 1.79 bits per heavy atom. The van der Waals surface area contributed by atoms with Crippen LogP contribution in [0.2, 0.25) is 0 Å². The van der Waals surface area contributed by atoms with Gasteiger partial charge in [0, 0.05) is 12.0 Å². The van der Waals surface area contributed by atoms with Crippen molar-refractivity contribution in [3.05, 3.63) is 35.9 Å². The van der Waals surface area contributed by atoms with E-state index in [0.29, 0.717) is 0 Å². The van der Waals surface area contributed by atoms with Gasteiger partial charge in [0.05, 0.1) is 5.41 Å². The van der Waals surface area contributed by atoms with Gasteiger partial charge < -0.3 is 0 Å². The van der Waals surface area contributed by atoms with Gasteiger partial charge >= 0.3 is 0 Å². The molecule has 1 aliphatic carbocycles. The second kappa shape index (κ2) is 3.19. The second-order valence-electron chi connectivity index (χ2n) is 3.83. The van der Waals surface area contributed by atoms with Crippen LogP contribution in [0.5, 0.6) is 0 Å². The van der Waals surface area contributed by atoms with Crippen molar-refractivity contribution in [3.8, 4) is 11.8 Å². The van der Waals surface area contributed by atoms with Crippen molar-refractivity contribution in [2.75, 3.05) is 0 Å². The molecule has 2 rings (SSSR count). The molecular formula is C12H10Cl2. The highest BCUT2D eigenvalue weighted by Crippen LogP contribution is 2.63. The number of halogens is 2. The van der Waals surface area contributed by atoms with Crippen LogP contribution < -0.4 is 0 Å². The molecule has 1 saturated carbocycles. The fourth-order valence-electron chi connectivity index (χ4n) is 1.27. The standard InChI is InChI=1S/C12H10Cl2/c1-11(9-12(11,13)14)8-7-10-5-3-2-4-6-10/h2-6H,9H2,1H3. The lowest BCUT2D eigenvalue weighted by atomic mass is 10.1. The molecule has 0 nitrogen and oxygen atoms in total. The van der Waals surface area contributed by atoms with Crippen molar-refractivity contribution < 1.29 is 0 Å². The maximum Gasteiger partial charge on any atom is 0.136 e. The zero-order valence-corrected chi connectivity index (χ0v) is 9.36. The number of rotatable bonds is 0. The zero-order chi connectivity index (χ0) is 10.2. The largest absolute Gasteiger partial charge is 0.136 e. The highest BCUT2D eigenvalue weighted by atomic mass is 35.5. The molecule has 0 heterocycles. The molecule has 1 aromatic carbocycles. The van der Waals surface area contributed by atoms with E-state index >= 15 is 0 Å². The molecule has 1 atom stereocenters. The molecule has 0 amide bonds. The molecular weight excluding hydrogens is 215 g/mol. The Bertz CT molecular complexity index is 397. The van der Waals surface area contributed by atoms with Crippen LogP contribution in [0.3, 0.4) is 0 Å². The number of benzene rings is 1. The van der Waals surface area contributed by atoms with Crippen molar-refractivity contribution in [1.82, 2.24) is 0 Å². The summed E-state index contributed by atoms with van der Waals surface area (Å²) in [6, 6.07) is 9.85. The Morgan fingerprint density at radius 3 is 2.29 bits per heavy atom. The summed E-state index contributed by atoms with van der Waals surface area (Å²) in [5.41, 5.74) is 0.774. The van der Waals surface area contributed by atoms with E-state index in [-0.39, 0.29) is 5.41 Å². The Kier molecular flexibility index (Phi) is 2.26. The molecule has 0 N–H and O–H groups in total. The van der Waals surface area contributed by atoms with Gasteiger partial charge in [-0.15, -0.1) is 0 Å². The summed E-state index contributed by atoms with van der Waals surface area (Å²) < 4.78 is -0.644. The van der Waals surface area contributed by atoms with Crippen LogP contribution in [-0.4, -0.2) is 4.33 Å². The van der Waals surface area contributed by atoms with Crippen molar-refractivity contribution in [2.24, 2.45) is 5.41 Å². The summed E-state index contributed by atoms with van der Waals surface area (Å²) in [5.74, 6) is 6.21. The van der Waals surface area contributed by atoms with Gasteiger partial charge in [0.1, 0.15) is 4.33 Å². The molecule has 0 aliphatic heterocycles. The van der Waals surface area contributed by atoms with Crippen molar-refractivity contribution in [3.63, 3.8) is 0 Å². The van der Waals surface area contributed by atoms with Crippen molar-refractivity contribution in [1.29, 1.82) is 0 Å². The lowest BCUT2D eigenvalue weighted by molar-refractivity contribution is 0.768. The van der Waals surface area contributed by atoms with Crippen LogP contribution in [0.25, 0.3) is 0 Å². The van der Waals surface area contributed by atoms with Gasteiger partial charge in [-0.1, -0.05) is 53.2 Å². The second-order valence-corrected chi connectivity index (χ2v) is 5.31. The van der Waals surface area contributed by atoms with E-state index in [1.807, 2.05) is 37.3 Å². The van der Waals surface area contributed by atoms with Crippen LogP contribution in [0.4, 0.5) is 0 Å². The molecule has 0 aromatic heterocycles. The molecule has 0 saturated heterocycles. The van der Waals surface area contributed by atoms with E-state index < -0.39 is 4.33 Å². The molecule has 14 heavy (non-hydrogen) atoms. The van der Waals surface area contributed by atoms with Crippen molar-refractivity contribution in [2.45, 2.75) is 17.7 Å². The summed E-state index contributed by atoms with van der Waals surface area (Å²) in [5, 5.41) is 0. The first-order valence-corrected chi connectivity index (χ1v) is 5.25. The predicted molar refractivity (Wildman–Crippen MR) is 60.5 cm³/mol. The minimum absolute atomic E-state index is 0.230. The maximum atomic E-state index is 5.98. The lowest BCUT2D eigenvalue weighted by Gasteiger charge is -2.00. The molecule has 2 heteroatoms. The molecule has 0 bridgehead atoms. The first-order valence-electron chi connectivity index (χ1n) is 4.50. The van der Waals surface area contributed by atoms with E-state index in [1.54, 1.807) is 0 Å². The van der Waals surface area contributed by atoms with Gasteiger partial charge in [-0.2, -0.15) is 0 Å². The minimum Gasteiger partial charge on any atom is -0.0999 e. The highest BCUT2D eigenvalue weighted by Gasteiger charge is 2.62. The maximum absolute atomic E-state index is 5.98. The Labute approximate surface area is 94.2 Å². The normalized spacial score (nSPS) is 27.6. The van der Waals surface area contributed by atoms with E-state index in [0.717, 1.165) is 12.0 Å². The first-order chi connectivity index (χ1) is 6.54. The molecule has 1 unspecified atom stereocenters. The van der Waals surface area contributed by atoms with E-state index in [1.165, 1.54) is 0 Å². The Balaban J connectivity index is 2.17. The molecule has 72 valence electrons. The third-order valence-corrected chi connectivity index (χ3v) is 3.62. The van der Waals surface area contributed by atoms with Gasteiger partial charge in [0.2, 0.25) is 0 Å². The molecule has 1 aromatic rings. The number of alkyl halides is 2. The number of hydrogen-bond donors (Lipinski definition) is 0. The van der Waals surface area contributed by atoms with Crippen LogP contribution >= 0.6 is 23.2 Å². The summed E-state index contributed by atoms with van der Waals surface area (Å²) in [6.45, 7) is 1.99. The van der Waals surface area contributed by atoms with Crippen LogP contribution in [0.15, 0.2) is 30.3 Å². The summed E-state index contributed by atoms with van der Waals surface area (Å²) in [6.07, 6.45) is 0.753. The van der Waals surface area contributed by atoms with Crippen molar-refractivity contribution >= 4 is 23.2 Å². The van der Waals surface area contributed by atoms with Gasteiger partial charge in [-0.25, -0.2) is 0 Å². The van der Waals surface area contributed by atoms with Gasteiger partial charge in [-0.05, 0) is 19.1 Å². The smallest absolute Gasteiger partial charge is 0.0999 e. The fraction of sp³-hybridized carbons (Fsp3) is 0.333. The summed E-state index contributed by atoms with van der Waals surface area (Å²) >= 11 is 12.0. The summed E-state index contributed by atoms with van der Waals surface area (Å²) in [7, 11) is 0. The van der Waals surface area contributed by atoms with E-state index in [2.05, 4.69) is 11.8 Å². The lowest BCUT2D eigenvalue weighted by Crippen LogP contribution is -2.00. The van der Waals surface area contributed by atoms with Gasteiger partial charge in [-0.3, -0.25) is 0 Å². The van der Waals surface area contributed by atoms with Gasteiger partial charge in [0.15, 0.2) is 0 Å². The molecule has 0 spiro atoms. The Hall–Kier alpha value is -0.640. The third-order valence-electron chi connectivity index (χ3n) is 2.51.